The fourth-order valence-corrected chi connectivity index (χ4v) is 3.84. The van der Waals surface area contributed by atoms with Gasteiger partial charge in [0.15, 0.2) is 11.5 Å². The van der Waals surface area contributed by atoms with Gasteiger partial charge in [0.1, 0.15) is 5.82 Å². The summed E-state index contributed by atoms with van der Waals surface area (Å²) in [5.74, 6) is 1.30. The molecule has 0 saturated carbocycles. The van der Waals surface area contributed by atoms with E-state index in [9.17, 15) is 4.79 Å². The first-order chi connectivity index (χ1) is 15.7. The lowest BCUT2D eigenvalue weighted by Crippen LogP contribution is -2.28. The van der Waals surface area contributed by atoms with Crippen molar-refractivity contribution in [1.82, 2.24) is 34.4 Å². The van der Waals surface area contributed by atoms with Crippen molar-refractivity contribution in [1.29, 1.82) is 0 Å². The third-order valence-corrected chi connectivity index (χ3v) is 5.46. The summed E-state index contributed by atoms with van der Waals surface area (Å²) in [6, 6.07) is 21.8. The van der Waals surface area contributed by atoms with Crippen molar-refractivity contribution in [3.05, 3.63) is 96.2 Å². The van der Waals surface area contributed by atoms with Crippen LogP contribution in [0.4, 0.5) is 0 Å². The lowest BCUT2D eigenvalue weighted by atomic mass is 10.2. The lowest BCUT2D eigenvalue weighted by Gasteiger charge is -2.10. The molecule has 1 N–H and O–H groups in total. The van der Waals surface area contributed by atoms with Gasteiger partial charge in [0.2, 0.25) is 0 Å². The molecule has 5 aromatic rings. The van der Waals surface area contributed by atoms with Crippen LogP contribution in [0.5, 0.6) is 0 Å². The highest BCUT2D eigenvalue weighted by Crippen LogP contribution is 2.16. The van der Waals surface area contributed by atoms with Crippen molar-refractivity contribution in [2.45, 2.75) is 13.0 Å². The van der Waals surface area contributed by atoms with Gasteiger partial charge in [-0.3, -0.25) is 4.79 Å². The summed E-state index contributed by atoms with van der Waals surface area (Å²) in [5.41, 5.74) is 3.41. The lowest BCUT2D eigenvalue weighted by molar-refractivity contribution is 0.0949. The molecule has 0 bridgehead atoms. The Balaban J connectivity index is 1.34. The Hall–Kier alpha value is -4.20. The van der Waals surface area contributed by atoms with Crippen LogP contribution in [0.3, 0.4) is 0 Å². The van der Waals surface area contributed by atoms with Gasteiger partial charge in [-0.15, -0.1) is 5.10 Å². The van der Waals surface area contributed by atoms with Crippen LogP contribution in [0.2, 0.25) is 0 Å². The first kappa shape index (κ1) is 19.7. The van der Waals surface area contributed by atoms with Gasteiger partial charge in [0.05, 0.1) is 17.6 Å². The smallest absolute Gasteiger partial charge is 0.275 e. The molecule has 5 rings (SSSR count). The number of carbonyl (C=O) groups excluding carboxylic acids is 1. The van der Waals surface area contributed by atoms with Gasteiger partial charge in [-0.2, -0.15) is 0 Å². The van der Waals surface area contributed by atoms with Crippen molar-refractivity contribution in [2.24, 2.45) is 7.05 Å². The van der Waals surface area contributed by atoms with Crippen molar-refractivity contribution < 1.29 is 4.79 Å². The largest absolute Gasteiger partial charge is 0.350 e. The highest BCUT2D eigenvalue weighted by molar-refractivity contribution is 5.95. The molecule has 0 radical (unpaired) electrons. The van der Waals surface area contributed by atoms with Crippen LogP contribution in [0.1, 0.15) is 21.9 Å². The van der Waals surface area contributed by atoms with E-state index in [2.05, 4.69) is 25.2 Å². The minimum atomic E-state index is -0.258. The Bertz CT molecular complexity index is 1350. The summed E-state index contributed by atoms with van der Waals surface area (Å²) < 4.78 is 5.67. The highest BCUT2D eigenvalue weighted by Gasteiger charge is 2.21. The van der Waals surface area contributed by atoms with E-state index in [0.717, 1.165) is 22.4 Å². The van der Waals surface area contributed by atoms with Gasteiger partial charge in [0.25, 0.3) is 5.91 Å². The van der Waals surface area contributed by atoms with Crippen LogP contribution in [0.25, 0.3) is 16.9 Å². The van der Waals surface area contributed by atoms with Gasteiger partial charge in [-0.1, -0.05) is 47.7 Å². The number of amides is 1. The van der Waals surface area contributed by atoms with Crippen LogP contribution in [-0.4, -0.2) is 41.6 Å². The molecule has 160 valence electrons. The third kappa shape index (κ3) is 3.78. The number of nitrogens with one attached hydrogen (secondary N) is 1. The summed E-state index contributed by atoms with van der Waals surface area (Å²) in [5, 5.41) is 11.4. The van der Waals surface area contributed by atoms with Gasteiger partial charge < -0.3 is 14.5 Å². The number of aromatic nitrogens is 6. The molecule has 2 aromatic carbocycles. The molecule has 0 aliphatic heterocycles. The van der Waals surface area contributed by atoms with Crippen molar-refractivity contribution in [3.63, 3.8) is 0 Å². The normalized spacial score (nSPS) is 11.2. The molecule has 8 nitrogen and oxygen atoms in total. The topological polar surface area (TPSA) is 82.6 Å². The number of hydrogen-bond donors (Lipinski definition) is 1. The number of benzene rings is 2. The predicted molar refractivity (Wildman–Crippen MR) is 122 cm³/mol. The molecule has 0 aliphatic carbocycles. The molecule has 0 atom stereocenters. The van der Waals surface area contributed by atoms with Gasteiger partial charge in [-0.25, -0.2) is 9.67 Å². The highest BCUT2D eigenvalue weighted by atomic mass is 16.2. The summed E-state index contributed by atoms with van der Waals surface area (Å²) in [4.78, 5) is 17.7. The maximum absolute atomic E-state index is 13.0. The molecule has 32 heavy (non-hydrogen) atoms. The Morgan fingerprint density at radius 2 is 1.72 bits per heavy atom. The van der Waals surface area contributed by atoms with E-state index in [1.165, 1.54) is 0 Å². The molecular weight excluding hydrogens is 402 g/mol. The van der Waals surface area contributed by atoms with Crippen LogP contribution in [0.15, 0.2) is 79.1 Å². The number of carbonyl (C=O) groups is 1. The zero-order valence-corrected chi connectivity index (χ0v) is 17.7. The molecule has 0 fully saturated rings. The van der Waals surface area contributed by atoms with E-state index in [0.29, 0.717) is 31.0 Å². The summed E-state index contributed by atoms with van der Waals surface area (Å²) in [6.45, 7) is 0.973. The first-order valence-corrected chi connectivity index (χ1v) is 10.5. The second-order valence-corrected chi connectivity index (χ2v) is 7.58. The number of hydrogen-bond acceptors (Lipinski definition) is 4. The fourth-order valence-electron chi connectivity index (χ4n) is 3.84. The van der Waals surface area contributed by atoms with Gasteiger partial charge in [0, 0.05) is 32.4 Å². The molecule has 0 spiro atoms. The Morgan fingerprint density at radius 1 is 0.969 bits per heavy atom. The standard InChI is InChI=1S/C24H23N7O/c1-29-20-12-6-5-11-19(20)26-21(29)13-14-25-23(32)22-24(30-15-7-8-16-30)31(28-27-22)17-18-9-3-2-4-10-18/h2-12,15-16H,13-14,17H2,1H3,(H,25,32). The van der Waals surface area contributed by atoms with Crippen LogP contribution in [-0.2, 0) is 20.0 Å². The minimum Gasteiger partial charge on any atom is -0.350 e. The summed E-state index contributed by atoms with van der Waals surface area (Å²) in [7, 11) is 1.99. The van der Waals surface area contributed by atoms with Crippen LogP contribution >= 0.6 is 0 Å². The molecule has 1 amide bonds. The summed E-state index contributed by atoms with van der Waals surface area (Å²) in [6.07, 6.45) is 4.39. The first-order valence-electron chi connectivity index (χ1n) is 10.5. The fraction of sp³-hybridized carbons (Fsp3) is 0.167. The number of aryl methyl sites for hydroxylation is 1. The monoisotopic (exact) mass is 425 g/mol. The number of fused-ring (bicyclic) bond motifs is 1. The third-order valence-electron chi connectivity index (χ3n) is 5.46. The average Bonchev–Trinajstić information content (AvgIpc) is 3.54. The Kier molecular flexibility index (Phi) is 5.25. The second kappa shape index (κ2) is 8.50. The maximum Gasteiger partial charge on any atom is 0.275 e. The van der Waals surface area contributed by atoms with E-state index >= 15 is 0 Å². The van der Waals surface area contributed by atoms with E-state index in [4.69, 9.17) is 0 Å². The maximum atomic E-state index is 13.0. The predicted octanol–water partition coefficient (Wildman–Crippen LogP) is 2.98. The summed E-state index contributed by atoms with van der Waals surface area (Å²) >= 11 is 0. The number of para-hydroxylation sites is 2. The van der Waals surface area contributed by atoms with Gasteiger partial charge >= 0.3 is 0 Å². The van der Waals surface area contributed by atoms with Crippen LogP contribution < -0.4 is 5.32 Å². The minimum absolute atomic E-state index is 0.258. The molecule has 0 saturated heterocycles. The molecular formula is C24H23N7O. The van der Waals surface area contributed by atoms with Crippen molar-refractivity contribution >= 4 is 16.9 Å². The van der Waals surface area contributed by atoms with Crippen molar-refractivity contribution in [3.8, 4) is 5.82 Å². The van der Waals surface area contributed by atoms with E-state index < -0.39 is 0 Å². The SMILES string of the molecule is Cn1c(CCNC(=O)c2nnn(Cc3ccccc3)c2-n2cccc2)nc2ccccc21. The van der Waals surface area contributed by atoms with E-state index in [1.54, 1.807) is 4.68 Å². The zero-order chi connectivity index (χ0) is 21.9. The zero-order valence-electron chi connectivity index (χ0n) is 17.7. The molecule has 0 aliphatic rings. The van der Waals surface area contributed by atoms with Crippen LogP contribution in [0, 0.1) is 0 Å². The quantitative estimate of drug-likeness (QED) is 0.435. The Labute approximate surface area is 185 Å². The molecule has 3 aromatic heterocycles. The Morgan fingerprint density at radius 3 is 2.50 bits per heavy atom. The number of nitrogens with zero attached hydrogens (tertiary/aromatic N) is 6. The molecule has 0 unspecified atom stereocenters. The second-order valence-electron chi connectivity index (χ2n) is 7.58. The van der Waals surface area contributed by atoms with Gasteiger partial charge in [-0.05, 0) is 29.8 Å². The molecule has 8 heteroatoms. The average molecular weight is 425 g/mol. The van der Waals surface area contributed by atoms with E-state index in [1.807, 2.05) is 90.7 Å². The number of rotatable bonds is 7. The van der Waals surface area contributed by atoms with E-state index in [-0.39, 0.29) is 5.91 Å². The van der Waals surface area contributed by atoms with Crippen molar-refractivity contribution in [2.75, 3.05) is 6.54 Å². The number of imidazole rings is 1. The molecule has 3 heterocycles.